The van der Waals surface area contributed by atoms with Gasteiger partial charge >= 0.3 is 5.91 Å². The van der Waals surface area contributed by atoms with E-state index in [4.69, 9.17) is 4.42 Å². The molecule has 1 aromatic carbocycles. The molecular formula is C15H14N2O3. The maximum Gasteiger partial charge on any atom is 0.305 e. The van der Waals surface area contributed by atoms with E-state index in [0.717, 1.165) is 19.3 Å². The highest BCUT2D eigenvalue weighted by atomic mass is 16.3. The van der Waals surface area contributed by atoms with E-state index in [2.05, 4.69) is 10.9 Å². The Balaban J connectivity index is 1.63. The van der Waals surface area contributed by atoms with Crippen molar-refractivity contribution in [2.75, 3.05) is 0 Å². The Morgan fingerprint density at radius 2 is 1.80 bits per heavy atom. The number of hydrogen-bond donors (Lipinski definition) is 2. The number of aryl methyl sites for hydroxylation is 2. The minimum atomic E-state index is -0.482. The molecule has 20 heavy (non-hydrogen) atoms. The summed E-state index contributed by atoms with van der Waals surface area (Å²) in [5, 5.41) is 0. The molecule has 5 nitrogen and oxygen atoms in total. The van der Waals surface area contributed by atoms with Gasteiger partial charge in [-0.25, -0.2) is 0 Å². The quantitative estimate of drug-likeness (QED) is 0.818. The van der Waals surface area contributed by atoms with Gasteiger partial charge in [-0.2, -0.15) is 0 Å². The molecule has 1 aromatic heterocycles. The molecule has 0 unspecified atom stereocenters. The summed E-state index contributed by atoms with van der Waals surface area (Å²) >= 11 is 0. The Morgan fingerprint density at radius 1 is 1.00 bits per heavy atom. The Hall–Kier alpha value is -2.56. The molecule has 3 rings (SSSR count). The summed E-state index contributed by atoms with van der Waals surface area (Å²) in [6.07, 6.45) is 4.62. The smallest absolute Gasteiger partial charge is 0.305 e. The van der Waals surface area contributed by atoms with Gasteiger partial charge in [0.25, 0.3) is 5.91 Å². The fraction of sp³-hybridized carbons (Fsp3) is 0.200. The van der Waals surface area contributed by atoms with Crippen molar-refractivity contribution in [3.05, 3.63) is 59.0 Å². The lowest BCUT2D eigenvalue weighted by atomic mass is 10.1. The minimum absolute atomic E-state index is 0.152. The van der Waals surface area contributed by atoms with E-state index in [0.29, 0.717) is 5.56 Å². The second-order valence-electron chi connectivity index (χ2n) is 4.72. The van der Waals surface area contributed by atoms with Crippen molar-refractivity contribution in [3.63, 3.8) is 0 Å². The lowest BCUT2D eigenvalue weighted by Crippen LogP contribution is -2.41. The van der Waals surface area contributed by atoms with Crippen molar-refractivity contribution in [1.82, 2.24) is 10.9 Å². The maximum absolute atomic E-state index is 12.0. The van der Waals surface area contributed by atoms with Crippen LogP contribution in [0.3, 0.4) is 0 Å². The lowest BCUT2D eigenvalue weighted by molar-refractivity contribution is 0.0831. The van der Waals surface area contributed by atoms with Crippen molar-refractivity contribution in [2.24, 2.45) is 0 Å². The summed E-state index contributed by atoms with van der Waals surface area (Å²) < 4.78 is 4.93. The van der Waals surface area contributed by atoms with Gasteiger partial charge in [-0.15, -0.1) is 0 Å². The van der Waals surface area contributed by atoms with Gasteiger partial charge < -0.3 is 4.42 Å². The summed E-state index contributed by atoms with van der Waals surface area (Å²) in [6, 6.07) is 8.77. The van der Waals surface area contributed by atoms with Crippen LogP contribution in [0.1, 0.15) is 38.5 Å². The molecule has 2 amide bonds. The molecule has 0 radical (unpaired) electrons. The van der Waals surface area contributed by atoms with Crippen molar-refractivity contribution < 1.29 is 14.0 Å². The van der Waals surface area contributed by atoms with Gasteiger partial charge in [0, 0.05) is 5.56 Å². The molecule has 0 bridgehead atoms. The van der Waals surface area contributed by atoms with Crippen LogP contribution in [0.2, 0.25) is 0 Å². The molecule has 0 fully saturated rings. The summed E-state index contributed by atoms with van der Waals surface area (Å²) in [7, 11) is 0. The molecular weight excluding hydrogens is 256 g/mol. The van der Waals surface area contributed by atoms with Crippen LogP contribution in [-0.4, -0.2) is 11.8 Å². The zero-order valence-corrected chi connectivity index (χ0v) is 10.8. The first kappa shape index (κ1) is 12.5. The van der Waals surface area contributed by atoms with Crippen molar-refractivity contribution in [1.29, 1.82) is 0 Å². The molecule has 0 saturated heterocycles. The van der Waals surface area contributed by atoms with Crippen molar-refractivity contribution in [2.45, 2.75) is 19.3 Å². The second-order valence-corrected chi connectivity index (χ2v) is 4.72. The second kappa shape index (κ2) is 5.21. The largest absolute Gasteiger partial charge is 0.459 e. The number of hydrogen-bond acceptors (Lipinski definition) is 3. The predicted molar refractivity (Wildman–Crippen MR) is 72.1 cm³/mol. The van der Waals surface area contributed by atoms with Crippen LogP contribution >= 0.6 is 0 Å². The maximum atomic E-state index is 12.0. The highest BCUT2D eigenvalue weighted by Gasteiger charge is 2.15. The number of hydrazine groups is 1. The van der Waals surface area contributed by atoms with E-state index in [-0.39, 0.29) is 11.7 Å². The molecule has 2 N–H and O–H groups in total. The monoisotopic (exact) mass is 270 g/mol. The first-order valence-corrected chi connectivity index (χ1v) is 6.50. The van der Waals surface area contributed by atoms with Crippen molar-refractivity contribution in [3.8, 4) is 0 Å². The highest BCUT2D eigenvalue weighted by Crippen LogP contribution is 2.22. The molecule has 0 saturated carbocycles. The number of carbonyl (C=O) groups excluding carboxylic acids is 2. The molecule has 1 heterocycles. The topological polar surface area (TPSA) is 71.3 Å². The molecule has 0 atom stereocenters. The number of nitrogens with one attached hydrogen (secondary N) is 2. The van der Waals surface area contributed by atoms with E-state index >= 15 is 0 Å². The Morgan fingerprint density at radius 3 is 2.60 bits per heavy atom. The standard InChI is InChI=1S/C15H14N2O3/c18-14(16-17-15(19)13-5-2-8-20-13)12-7-6-10-3-1-4-11(10)9-12/h2,5-9H,1,3-4H2,(H,16,18)(H,17,19). The Labute approximate surface area is 115 Å². The number of rotatable bonds is 2. The molecule has 2 aromatic rings. The van der Waals surface area contributed by atoms with Gasteiger partial charge in [-0.3, -0.25) is 20.4 Å². The zero-order chi connectivity index (χ0) is 13.9. The SMILES string of the molecule is O=C(NNC(=O)c1ccco1)c1ccc2c(c1)CCC2. The summed E-state index contributed by atoms with van der Waals surface area (Å²) in [4.78, 5) is 23.6. The number of furan rings is 1. The molecule has 1 aliphatic carbocycles. The van der Waals surface area contributed by atoms with E-state index in [1.54, 1.807) is 12.1 Å². The number of benzene rings is 1. The van der Waals surface area contributed by atoms with Gasteiger partial charge in [-0.1, -0.05) is 6.07 Å². The highest BCUT2D eigenvalue weighted by molar-refractivity contribution is 5.98. The molecule has 5 heteroatoms. The van der Waals surface area contributed by atoms with Crippen LogP contribution in [0.15, 0.2) is 41.0 Å². The third-order valence-electron chi connectivity index (χ3n) is 3.40. The van der Waals surface area contributed by atoms with Crippen LogP contribution in [-0.2, 0) is 12.8 Å². The van der Waals surface area contributed by atoms with Crippen molar-refractivity contribution >= 4 is 11.8 Å². The fourth-order valence-corrected chi connectivity index (χ4v) is 2.37. The van der Waals surface area contributed by atoms with Crippen LogP contribution in [0, 0.1) is 0 Å². The predicted octanol–water partition coefficient (Wildman–Crippen LogP) is 1.84. The third-order valence-corrected chi connectivity index (χ3v) is 3.40. The van der Waals surface area contributed by atoms with Gasteiger partial charge in [-0.05, 0) is 54.7 Å². The summed E-state index contributed by atoms with van der Waals surface area (Å²) in [5.74, 6) is -0.664. The number of fused-ring (bicyclic) bond motifs is 1. The average Bonchev–Trinajstić information content (AvgIpc) is 3.13. The molecule has 0 spiro atoms. The summed E-state index contributed by atoms with van der Waals surface area (Å²) in [6.45, 7) is 0. The normalized spacial score (nSPS) is 12.8. The van der Waals surface area contributed by atoms with E-state index in [1.165, 1.54) is 23.5 Å². The average molecular weight is 270 g/mol. The third kappa shape index (κ3) is 2.42. The number of carbonyl (C=O) groups is 2. The minimum Gasteiger partial charge on any atom is -0.459 e. The lowest BCUT2D eigenvalue weighted by Gasteiger charge is -2.07. The number of amides is 2. The molecule has 0 aliphatic heterocycles. The van der Waals surface area contributed by atoms with E-state index in [9.17, 15) is 9.59 Å². The Kier molecular flexibility index (Phi) is 3.25. The van der Waals surface area contributed by atoms with E-state index < -0.39 is 5.91 Å². The molecule has 102 valence electrons. The van der Waals surface area contributed by atoms with Crippen LogP contribution in [0.5, 0.6) is 0 Å². The zero-order valence-electron chi connectivity index (χ0n) is 10.8. The van der Waals surface area contributed by atoms with Gasteiger partial charge in [0.15, 0.2) is 5.76 Å². The first-order valence-electron chi connectivity index (χ1n) is 6.50. The molecule has 1 aliphatic rings. The fourth-order valence-electron chi connectivity index (χ4n) is 2.37. The van der Waals surface area contributed by atoms with Crippen LogP contribution in [0.4, 0.5) is 0 Å². The van der Waals surface area contributed by atoms with Crippen LogP contribution in [0.25, 0.3) is 0 Å². The van der Waals surface area contributed by atoms with Crippen LogP contribution < -0.4 is 10.9 Å². The van der Waals surface area contributed by atoms with Gasteiger partial charge in [0.2, 0.25) is 0 Å². The summed E-state index contributed by atoms with van der Waals surface area (Å²) in [5.41, 5.74) is 7.77. The van der Waals surface area contributed by atoms with Gasteiger partial charge in [0.1, 0.15) is 0 Å². The first-order chi connectivity index (χ1) is 9.74. The van der Waals surface area contributed by atoms with E-state index in [1.807, 2.05) is 12.1 Å². The van der Waals surface area contributed by atoms with Gasteiger partial charge in [0.05, 0.1) is 6.26 Å². The Bertz CT molecular complexity index is 647.